The highest BCUT2D eigenvalue weighted by Gasteiger charge is 2.49. The number of nitrogens with zero attached hydrogens (tertiary/aromatic N) is 2. The summed E-state index contributed by atoms with van der Waals surface area (Å²) in [5.74, 6) is 0. The molecule has 0 aromatic rings. The third-order valence-electron chi connectivity index (χ3n) is 6.20. The highest BCUT2D eigenvalue weighted by Crippen LogP contribution is 2.44. The topological polar surface area (TPSA) is 34.2 Å². The Kier molecular flexibility index (Phi) is 10.7. The molecule has 1 heterocycles. The Bertz CT molecular complexity index is 375. The minimum absolute atomic E-state index is 0.649. The summed E-state index contributed by atoms with van der Waals surface area (Å²) in [6.45, 7) is 27.3. The number of rotatable bonds is 12. The van der Waals surface area contributed by atoms with Gasteiger partial charge >= 0.3 is 8.80 Å². The molecule has 0 saturated carbocycles. The fourth-order valence-electron chi connectivity index (χ4n) is 5.58. The van der Waals surface area contributed by atoms with Crippen LogP contribution in [0.1, 0.15) is 62.3 Å². The maximum Gasteiger partial charge on any atom is 0.515 e. The van der Waals surface area contributed by atoms with Crippen molar-refractivity contribution in [2.45, 2.75) is 78.9 Å². The van der Waals surface area contributed by atoms with E-state index in [9.17, 15) is 0 Å². The van der Waals surface area contributed by atoms with E-state index in [4.69, 9.17) is 13.3 Å². The van der Waals surface area contributed by atoms with Crippen LogP contribution >= 0.6 is 0 Å². The standard InChI is InChI=1S/C20H46N2O3Si2/c1-10-23-26(24-11-2,25-12-3)17-21-13-15-22(16-14-21)27(18(4)5,19(6)7)20(8)9/h18-20H,10-17H2,1-9H3. The Morgan fingerprint density at radius 3 is 1.33 bits per heavy atom. The quantitative estimate of drug-likeness (QED) is 0.440. The van der Waals surface area contributed by atoms with E-state index in [-0.39, 0.29) is 0 Å². The third-order valence-corrected chi connectivity index (χ3v) is 16.3. The largest absolute Gasteiger partial charge is 0.515 e. The third kappa shape index (κ3) is 5.87. The summed E-state index contributed by atoms with van der Waals surface area (Å²) in [5.41, 5.74) is 2.31. The molecule has 5 nitrogen and oxygen atoms in total. The molecule has 162 valence electrons. The van der Waals surface area contributed by atoms with Crippen molar-refractivity contribution >= 4 is 17.0 Å². The van der Waals surface area contributed by atoms with Crippen molar-refractivity contribution in [1.82, 2.24) is 9.47 Å². The van der Waals surface area contributed by atoms with Gasteiger partial charge in [-0.15, -0.1) is 0 Å². The molecule has 1 rings (SSSR count). The van der Waals surface area contributed by atoms with E-state index in [2.05, 4.69) is 51.0 Å². The first-order valence-corrected chi connectivity index (χ1v) is 15.2. The molecular formula is C20H46N2O3Si2. The van der Waals surface area contributed by atoms with Crippen LogP contribution in [0.15, 0.2) is 0 Å². The molecule has 1 saturated heterocycles. The molecule has 0 aliphatic carbocycles. The van der Waals surface area contributed by atoms with Crippen LogP contribution in [0.5, 0.6) is 0 Å². The minimum Gasteiger partial charge on any atom is -0.373 e. The minimum atomic E-state index is -2.60. The van der Waals surface area contributed by atoms with Crippen LogP contribution in [0.25, 0.3) is 0 Å². The molecule has 27 heavy (non-hydrogen) atoms. The molecular weight excluding hydrogens is 372 g/mol. The average molecular weight is 419 g/mol. The number of piperazine rings is 1. The number of hydrogen-bond acceptors (Lipinski definition) is 5. The van der Waals surface area contributed by atoms with E-state index < -0.39 is 17.0 Å². The van der Waals surface area contributed by atoms with Crippen LogP contribution in [-0.4, -0.2) is 78.7 Å². The Morgan fingerprint density at radius 1 is 0.667 bits per heavy atom. The summed E-state index contributed by atoms with van der Waals surface area (Å²) in [4.78, 5) is 2.52. The molecule has 0 N–H and O–H groups in total. The van der Waals surface area contributed by atoms with Gasteiger partial charge in [-0.1, -0.05) is 41.5 Å². The van der Waals surface area contributed by atoms with Gasteiger partial charge in [-0.3, -0.25) is 4.90 Å². The van der Waals surface area contributed by atoms with E-state index in [1.54, 1.807) is 0 Å². The normalized spacial score (nSPS) is 18.2. The maximum atomic E-state index is 6.07. The van der Waals surface area contributed by atoms with Gasteiger partial charge in [0.15, 0.2) is 0 Å². The Balaban J connectivity index is 2.87. The second-order valence-corrected chi connectivity index (χ2v) is 17.0. The van der Waals surface area contributed by atoms with Crippen molar-refractivity contribution in [3.8, 4) is 0 Å². The molecule has 0 unspecified atom stereocenters. The zero-order valence-corrected chi connectivity index (χ0v) is 21.5. The van der Waals surface area contributed by atoms with Gasteiger partial charge in [0.25, 0.3) is 0 Å². The monoisotopic (exact) mass is 418 g/mol. The zero-order chi connectivity index (χ0) is 20.7. The van der Waals surface area contributed by atoms with Crippen LogP contribution in [0.2, 0.25) is 16.6 Å². The lowest BCUT2D eigenvalue weighted by atomic mass is 10.4. The van der Waals surface area contributed by atoms with E-state index in [1.807, 2.05) is 20.8 Å². The highest BCUT2D eigenvalue weighted by molar-refractivity contribution is 6.81. The molecule has 0 atom stereocenters. The SMILES string of the molecule is CCO[Si](CN1CCN([Si](C(C)C)(C(C)C)C(C)C)CC1)(OCC)OCC. The Labute approximate surface area is 171 Å². The first kappa shape index (κ1) is 25.3. The summed E-state index contributed by atoms with van der Waals surface area (Å²) in [5, 5.41) is 0. The number of hydrogen-bond donors (Lipinski definition) is 0. The lowest BCUT2D eigenvalue weighted by Crippen LogP contribution is -2.66. The molecule has 0 bridgehead atoms. The van der Waals surface area contributed by atoms with E-state index in [0.29, 0.717) is 19.8 Å². The van der Waals surface area contributed by atoms with Gasteiger partial charge in [-0.2, -0.15) is 0 Å². The van der Waals surface area contributed by atoms with Crippen molar-refractivity contribution in [3.63, 3.8) is 0 Å². The zero-order valence-electron chi connectivity index (χ0n) is 19.5. The smallest absolute Gasteiger partial charge is 0.373 e. The summed E-state index contributed by atoms with van der Waals surface area (Å²) < 4.78 is 21.1. The predicted octanol–water partition coefficient (Wildman–Crippen LogP) is 4.37. The van der Waals surface area contributed by atoms with Crippen LogP contribution < -0.4 is 0 Å². The van der Waals surface area contributed by atoms with Crippen LogP contribution in [-0.2, 0) is 13.3 Å². The van der Waals surface area contributed by atoms with Gasteiger partial charge in [0.05, 0.1) is 6.17 Å². The molecule has 1 fully saturated rings. The second-order valence-electron chi connectivity index (χ2n) is 8.60. The summed E-state index contributed by atoms with van der Waals surface area (Å²) >= 11 is 0. The van der Waals surface area contributed by atoms with Gasteiger partial charge in [0, 0.05) is 46.0 Å². The predicted molar refractivity (Wildman–Crippen MR) is 120 cm³/mol. The van der Waals surface area contributed by atoms with Crippen molar-refractivity contribution < 1.29 is 13.3 Å². The molecule has 0 amide bonds. The highest BCUT2D eigenvalue weighted by atomic mass is 28.4. The van der Waals surface area contributed by atoms with Gasteiger partial charge in [-0.05, 0) is 37.4 Å². The van der Waals surface area contributed by atoms with Crippen LogP contribution in [0, 0.1) is 0 Å². The first-order chi connectivity index (χ1) is 12.7. The van der Waals surface area contributed by atoms with Crippen molar-refractivity contribution in [2.75, 3.05) is 52.2 Å². The second kappa shape index (κ2) is 11.4. The van der Waals surface area contributed by atoms with E-state index >= 15 is 0 Å². The molecule has 1 aliphatic heterocycles. The van der Waals surface area contributed by atoms with Gasteiger partial charge in [-0.25, -0.2) is 0 Å². The maximum absolute atomic E-state index is 6.07. The fraction of sp³-hybridized carbons (Fsp3) is 1.00. The molecule has 1 aliphatic rings. The Hall–Kier alpha value is 0.234. The summed E-state index contributed by atoms with van der Waals surface area (Å²) in [6, 6.07) is 0. The van der Waals surface area contributed by atoms with Gasteiger partial charge in [0.2, 0.25) is 0 Å². The van der Waals surface area contributed by atoms with Crippen LogP contribution in [0.3, 0.4) is 0 Å². The lowest BCUT2D eigenvalue weighted by Gasteiger charge is -2.54. The Morgan fingerprint density at radius 2 is 1.04 bits per heavy atom. The molecule has 0 radical (unpaired) electrons. The summed E-state index contributed by atoms with van der Waals surface area (Å²) in [7, 11) is -4.13. The molecule has 0 aromatic carbocycles. The molecule has 7 heteroatoms. The molecule has 0 spiro atoms. The fourth-order valence-corrected chi connectivity index (χ4v) is 15.5. The van der Waals surface area contributed by atoms with E-state index in [0.717, 1.165) is 49.0 Å². The molecule has 0 aromatic heterocycles. The first-order valence-electron chi connectivity index (χ1n) is 11.1. The van der Waals surface area contributed by atoms with Gasteiger partial charge < -0.3 is 17.8 Å². The van der Waals surface area contributed by atoms with Crippen LogP contribution in [0.4, 0.5) is 0 Å². The van der Waals surface area contributed by atoms with Crippen molar-refractivity contribution in [2.24, 2.45) is 0 Å². The van der Waals surface area contributed by atoms with E-state index in [1.165, 1.54) is 0 Å². The summed E-state index contributed by atoms with van der Waals surface area (Å²) in [6.07, 6.45) is 0.815. The average Bonchev–Trinajstić information content (AvgIpc) is 2.56. The lowest BCUT2D eigenvalue weighted by molar-refractivity contribution is 0.0514. The van der Waals surface area contributed by atoms with Crippen molar-refractivity contribution in [1.29, 1.82) is 0 Å². The van der Waals surface area contributed by atoms with Crippen molar-refractivity contribution in [3.05, 3.63) is 0 Å². The van der Waals surface area contributed by atoms with Gasteiger partial charge in [0.1, 0.15) is 8.24 Å².